The molecule has 3 heterocycles. The number of aromatic nitrogens is 1. The van der Waals surface area contributed by atoms with E-state index < -0.39 is 5.60 Å². The average molecular weight is 347 g/mol. The number of aryl methyl sites for hydroxylation is 1. The van der Waals surface area contributed by atoms with Gasteiger partial charge in [0.05, 0.1) is 29.8 Å². The van der Waals surface area contributed by atoms with E-state index in [0.29, 0.717) is 5.75 Å². The molecule has 3 aromatic rings. The number of ether oxygens (including phenoxy) is 2. The molecular formula is C22H21NO3. The van der Waals surface area contributed by atoms with Crippen LogP contribution in [0.1, 0.15) is 47.8 Å². The average Bonchev–Trinajstić information content (AvgIpc) is 2.90. The lowest BCUT2D eigenvalue weighted by Crippen LogP contribution is -2.30. The van der Waals surface area contributed by atoms with Crippen molar-refractivity contribution in [2.75, 3.05) is 7.11 Å². The summed E-state index contributed by atoms with van der Waals surface area (Å²) in [6.07, 6.45) is 2.91. The van der Waals surface area contributed by atoms with Gasteiger partial charge in [0.15, 0.2) is 5.75 Å². The Morgan fingerprint density at radius 3 is 2.77 bits per heavy atom. The summed E-state index contributed by atoms with van der Waals surface area (Å²) >= 11 is 0. The molecule has 0 amide bonds. The standard InChI is InChI=1S/C22H21NO3/c1-13-21(25-2)20(24)19-16(23-13)11-10-15-18(19)17-9-6-12-22(15,26-17)14-7-4-3-5-8-14/h3-5,7-8,10-11,17H,6,9,12H2,1-2H3,(H,23,24)/t17-,22+/m0/s1. The maximum atomic E-state index is 13.2. The molecule has 2 atom stereocenters. The fraction of sp³-hybridized carbons (Fsp3) is 0.318. The van der Waals surface area contributed by atoms with Crippen LogP contribution in [-0.2, 0) is 10.3 Å². The first-order valence-corrected chi connectivity index (χ1v) is 9.13. The topological polar surface area (TPSA) is 51.3 Å². The molecule has 0 unspecified atom stereocenters. The van der Waals surface area contributed by atoms with Crippen LogP contribution in [0.25, 0.3) is 10.9 Å². The summed E-state index contributed by atoms with van der Waals surface area (Å²) in [5.41, 5.74) is 4.46. The minimum absolute atomic E-state index is 0.0452. The number of benzene rings is 2. The molecular weight excluding hydrogens is 326 g/mol. The molecule has 0 spiro atoms. The molecule has 4 nitrogen and oxygen atoms in total. The van der Waals surface area contributed by atoms with Crippen molar-refractivity contribution < 1.29 is 9.47 Å². The summed E-state index contributed by atoms with van der Waals surface area (Å²) in [6, 6.07) is 14.5. The van der Waals surface area contributed by atoms with Crippen molar-refractivity contribution >= 4 is 10.9 Å². The highest BCUT2D eigenvalue weighted by Crippen LogP contribution is 2.56. The molecule has 2 aromatic carbocycles. The molecule has 132 valence electrons. The van der Waals surface area contributed by atoms with Gasteiger partial charge in [0.2, 0.25) is 5.43 Å². The van der Waals surface area contributed by atoms with Gasteiger partial charge in [0.25, 0.3) is 0 Å². The van der Waals surface area contributed by atoms with E-state index in [1.54, 1.807) is 7.11 Å². The number of aromatic amines is 1. The number of nitrogens with one attached hydrogen (secondary N) is 1. The highest BCUT2D eigenvalue weighted by atomic mass is 16.5. The molecule has 2 aliphatic heterocycles. The Balaban J connectivity index is 1.87. The lowest BCUT2D eigenvalue weighted by atomic mass is 9.82. The highest BCUT2D eigenvalue weighted by molar-refractivity contribution is 5.86. The predicted molar refractivity (Wildman–Crippen MR) is 101 cm³/mol. The molecule has 5 rings (SSSR count). The molecule has 0 saturated carbocycles. The lowest BCUT2D eigenvalue weighted by molar-refractivity contribution is -0.0857. The van der Waals surface area contributed by atoms with Crippen molar-refractivity contribution in [1.29, 1.82) is 0 Å². The van der Waals surface area contributed by atoms with Crippen LogP contribution in [0.15, 0.2) is 47.3 Å². The quantitative estimate of drug-likeness (QED) is 0.750. The smallest absolute Gasteiger partial charge is 0.231 e. The first-order valence-electron chi connectivity index (χ1n) is 9.13. The van der Waals surface area contributed by atoms with Crippen molar-refractivity contribution in [3.05, 3.63) is 75.1 Å². The number of rotatable bonds is 2. The number of pyridine rings is 1. The molecule has 26 heavy (non-hydrogen) atoms. The van der Waals surface area contributed by atoms with Crippen LogP contribution in [0.2, 0.25) is 0 Å². The Morgan fingerprint density at radius 2 is 2.00 bits per heavy atom. The van der Waals surface area contributed by atoms with E-state index in [9.17, 15) is 4.79 Å². The van der Waals surface area contributed by atoms with Gasteiger partial charge in [-0.2, -0.15) is 0 Å². The summed E-state index contributed by atoms with van der Waals surface area (Å²) in [7, 11) is 1.55. The zero-order valence-corrected chi connectivity index (χ0v) is 15.0. The summed E-state index contributed by atoms with van der Waals surface area (Å²) in [6.45, 7) is 1.87. The van der Waals surface area contributed by atoms with Gasteiger partial charge >= 0.3 is 0 Å². The Hall–Kier alpha value is -2.59. The summed E-state index contributed by atoms with van der Waals surface area (Å²) in [4.78, 5) is 16.5. The van der Waals surface area contributed by atoms with Crippen molar-refractivity contribution in [3.63, 3.8) is 0 Å². The monoisotopic (exact) mass is 347 g/mol. The zero-order valence-electron chi connectivity index (χ0n) is 15.0. The van der Waals surface area contributed by atoms with E-state index in [0.717, 1.165) is 47.0 Å². The fourth-order valence-electron chi connectivity index (χ4n) is 4.82. The SMILES string of the molecule is COc1c(C)[nH]c2ccc3c(c2c1=O)[C@@H]1CCC[C@]3(c2ccccc2)O1. The van der Waals surface area contributed by atoms with Crippen LogP contribution < -0.4 is 10.2 Å². The van der Waals surface area contributed by atoms with Crippen LogP contribution in [0.5, 0.6) is 5.75 Å². The Morgan fingerprint density at radius 1 is 1.19 bits per heavy atom. The molecule has 1 saturated heterocycles. The minimum Gasteiger partial charge on any atom is -0.491 e. The second-order valence-electron chi connectivity index (χ2n) is 7.25. The largest absolute Gasteiger partial charge is 0.491 e. The Labute approximate surface area is 151 Å². The van der Waals surface area contributed by atoms with Gasteiger partial charge in [-0.05, 0) is 43.4 Å². The van der Waals surface area contributed by atoms with E-state index in [1.807, 2.05) is 19.1 Å². The molecule has 1 fully saturated rings. The predicted octanol–water partition coefficient (Wildman–Crippen LogP) is 4.34. The molecule has 2 aliphatic rings. The molecule has 2 bridgehead atoms. The van der Waals surface area contributed by atoms with Gasteiger partial charge in [-0.25, -0.2) is 0 Å². The van der Waals surface area contributed by atoms with E-state index in [4.69, 9.17) is 9.47 Å². The van der Waals surface area contributed by atoms with E-state index in [1.165, 1.54) is 5.56 Å². The molecule has 4 heteroatoms. The van der Waals surface area contributed by atoms with Crippen LogP contribution in [0, 0.1) is 6.92 Å². The third-order valence-corrected chi connectivity index (χ3v) is 5.88. The fourth-order valence-corrected chi connectivity index (χ4v) is 4.82. The summed E-state index contributed by atoms with van der Waals surface area (Å²) < 4.78 is 12.0. The number of hydrogen-bond donors (Lipinski definition) is 1. The number of methoxy groups -OCH3 is 1. The van der Waals surface area contributed by atoms with E-state index in [-0.39, 0.29) is 11.5 Å². The number of fused-ring (bicyclic) bond motifs is 7. The molecule has 1 aromatic heterocycles. The second-order valence-corrected chi connectivity index (χ2v) is 7.25. The lowest BCUT2D eigenvalue weighted by Gasteiger charge is -2.34. The highest BCUT2D eigenvalue weighted by Gasteiger charge is 2.49. The van der Waals surface area contributed by atoms with Crippen LogP contribution in [-0.4, -0.2) is 12.1 Å². The normalized spacial score (nSPS) is 23.8. The van der Waals surface area contributed by atoms with Crippen LogP contribution in [0.3, 0.4) is 0 Å². The maximum Gasteiger partial charge on any atom is 0.231 e. The van der Waals surface area contributed by atoms with E-state index >= 15 is 0 Å². The van der Waals surface area contributed by atoms with Gasteiger partial charge in [0.1, 0.15) is 5.60 Å². The van der Waals surface area contributed by atoms with Crippen molar-refractivity contribution in [1.82, 2.24) is 4.98 Å². The third kappa shape index (κ3) is 1.91. The molecule has 0 radical (unpaired) electrons. The van der Waals surface area contributed by atoms with Gasteiger partial charge in [0, 0.05) is 5.56 Å². The van der Waals surface area contributed by atoms with Crippen molar-refractivity contribution in [2.24, 2.45) is 0 Å². The van der Waals surface area contributed by atoms with Crippen molar-refractivity contribution in [2.45, 2.75) is 37.9 Å². The van der Waals surface area contributed by atoms with Gasteiger partial charge in [-0.1, -0.05) is 36.4 Å². The van der Waals surface area contributed by atoms with Gasteiger partial charge in [-0.3, -0.25) is 4.79 Å². The summed E-state index contributed by atoms with van der Waals surface area (Å²) in [5, 5.41) is 0.717. The van der Waals surface area contributed by atoms with Gasteiger partial charge < -0.3 is 14.5 Å². The maximum absolute atomic E-state index is 13.2. The van der Waals surface area contributed by atoms with Crippen molar-refractivity contribution in [3.8, 4) is 5.75 Å². The number of hydrogen-bond acceptors (Lipinski definition) is 3. The Kier molecular flexibility index (Phi) is 3.28. The Bertz CT molecular complexity index is 1070. The minimum atomic E-state index is -0.446. The second kappa shape index (κ2) is 5.45. The third-order valence-electron chi connectivity index (χ3n) is 5.88. The number of H-pyrrole nitrogens is 1. The molecule has 0 aliphatic carbocycles. The first kappa shape index (κ1) is 15.6. The summed E-state index contributed by atoms with van der Waals surface area (Å²) in [5.74, 6) is 0.390. The van der Waals surface area contributed by atoms with E-state index in [2.05, 4.69) is 35.3 Å². The molecule has 1 N–H and O–H groups in total. The van der Waals surface area contributed by atoms with Gasteiger partial charge in [-0.15, -0.1) is 0 Å². The van der Waals surface area contributed by atoms with Crippen LogP contribution >= 0.6 is 0 Å². The zero-order chi connectivity index (χ0) is 17.9. The van der Waals surface area contributed by atoms with Crippen LogP contribution in [0.4, 0.5) is 0 Å². The first-order chi connectivity index (χ1) is 12.7.